The molecule has 31 heavy (non-hydrogen) atoms. The van der Waals surface area contributed by atoms with Gasteiger partial charge in [0.15, 0.2) is 5.13 Å². The van der Waals surface area contributed by atoms with Gasteiger partial charge in [0, 0.05) is 31.9 Å². The molecular weight excluding hydrogens is 456 g/mol. The van der Waals surface area contributed by atoms with Gasteiger partial charge in [0.1, 0.15) is 4.83 Å². The number of rotatable bonds is 10. The summed E-state index contributed by atoms with van der Waals surface area (Å²) in [5.41, 5.74) is 0.516. The van der Waals surface area contributed by atoms with Gasteiger partial charge in [-0.05, 0) is 51.1 Å². The third kappa shape index (κ3) is 5.60. The number of carbonyl (C=O) groups excluding carboxylic acids is 1. The first-order valence-corrected chi connectivity index (χ1v) is 13.0. The molecule has 11 heteroatoms. The lowest BCUT2D eigenvalue weighted by Gasteiger charge is -2.16. The van der Waals surface area contributed by atoms with E-state index in [2.05, 4.69) is 33.8 Å². The lowest BCUT2D eigenvalue weighted by Crippen LogP contribution is -2.35. The van der Waals surface area contributed by atoms with E-state index in [0.717, 1.165) is 27.8 Å². The minimum absolute atomic E-state index is 0.123. The molecule has 1 amide bonds. The molecule has 0 radical (unpaired) electrons. The zero-order chi connectivity index (χ0) is 22.6. The highest BCUT2D eigenvalue weighted by Crippen LogP contribution is 2.34. The number of nitrogens with zero attached hydrogens (tertiary/aromatic N) is 2. The Hall–Kier alpha value is -2.05. The lowest BCUT2D eigenvalue weighted by atomic mass is 10.3. The van der Waals surface area contributed by atoms with E-state index in [1.165, 1.54) is 30.6 Å². The van der Waals surface area contributed by atoms with Crippen LogP contribution >= 0.6 is 22.7 Å². The predicted octanol–water partition coefficient (Wildman–Crippen LogP) is 3.77. The molecule has 0 aliphatic heterocycles. The Labute approximate surface area is 190 Å². The van der Waals surface area contributed by atoms with E-state index in [9.17, 15) is 13.2 Å². The fourth-order valence-corrected chi connectivity index (χ4v) is 6.45. The van der Waals surface area contributed by atoms with Crippen LogP contribution in [-0.2, 0) is 14.8 Å². The smallest absolute Gasteiger partial charge is 0.265 e. The topological polar surface area (TPSA) is 101 Å². The summed E-state index contributed by atoms with van der Waals surface area (Å²) < 4.78 is 33.3. The molecule has 8 nitrogen and oxygen atoms in total. The molecule has 168 valence electrons. The zero-order valence-electron chi connectivity index (χ0n) is 17.8. The number of carbonyl (C=O) groups is 1. The van der Waals surface area contributed by atoms with Crippen LogP contribution in [0.5, 0.6) is 0 Å². The van der Waals surface area contributed by atoms with Gasteiger partial charge in [-0.25, -0.2) is 18.1 Å². The number of benzene rings is 1. The minimum atomic E-state index is -3.66. The summed E-state index contributed by atoms with van der Waals surface area (Å²) in [6, 6.07) is 7.56. The second-order valence-electron chi connectivity index (χ2n) is 6.90. The molecule has 0 bridgehead atoms. The van der Waals surface area contributed by atoms with Crippen LogP contribution in [0.2, 0.25) is 0 Å². The van der Waals surface area contributed by atoms with Gasteiger partial charge in [-0.15, -0.1) is 11.3 Å². The number of fused-ring (bicyclic) bond motifs is 1. The summed E-state index contributed by atoms with van der Waals surface area (Å²) >= 11 is 2.92. The standard InChI is InChI=1S/C20H26N4O4S3/c1-5-24(6-2)20-22-19-17(30-20)11-16(29-19)18(25)21-14-7-9-15(10-8-14)31(26,27)23-13(3)12-28-4/h7-11,13,23H,5-6,12H2,1-4H3,(H,21,25). The molecule has 0 aliphatic rings. The Morgan fingerprint density at radius 2 is 1.87 bits per heavy atom. The monoisotopic (exact) mass is 482 g/mol. The van der Waals surface area contributed by atoms with Crippen molar-refractivity contribution in [2.24, 2.45) is 0 Å². The van der Waals surface area contributed by atoms with Gasteiger partial charge in [-0.1, -0.05) is 11.3 Å². The Morgan fingerprint density at radius 3 is 2.45 bits per heavy atom. The number of anilines is 2. The minimum Gasteiger partial charge on any atom is -0.383 e. The van der Waals surface area contributed by atoms with E-state index in [4.69, 9.17) is 4.74 Å². The molecule has 2 aromatic heterocycles. The fourth-order valence-electron chi connectivity index (χ4n) is 2.99. The molecule has 1 aromatic carbocycles. The number of thiophene rings is 1. The first-order valence-electron chi connectivity index (χ1n) is 9.85. The molecular formula is C20H26N4O4S3. The summed E-state index contributed by atoms with van der Waals surface area (Å²) in [6.07, 6.45) is 0. The Morgan fingerprint density at radius 1 is 1.19 bits per heavy atom. The van der Waals surface area contributed by atoms with Crippen LogP contribution in [0.4, 0.5) is 10.8 Å². The number of amides is 1. The molecule has 1 unspecified atom stereocenters. The lowest BCUT2D eigenvalue weighted by molar-refractivity contribution is 0.103. The van der Waals surface area contributed by atoms with Crippen molar-refractivity contribution < 1.29 is 17.9 Å². The first-order chi connectivity index (χ1) is 14.8. The average Bonchev–Trinajstić information content (AvgIpc) is 3.28. The van der Waals surface area contributed by atoms with Crippen LogP contribution in [0.1, 0.15) is 30.4 Å². The molecule has 0 fully saturated rings. The maximum absolute atomic E-state index is 12.6. The maximum atomic E-state index is 12.6. The fraction of sp³-hybridized carbons (Fsp3) is 0.400. The number of hydrogen-bond acceptors (Lipinski definition) is 8. The highest BCUT2D eigenvalue weighted by molar-refractivity contribution is 7.89. The zero-order valence-corrected chi connectivity index (χ0v) is 20.3. The van der Waals surface area contributed by atoms with Gasteiger partial charge in [-0.3, -0.25) is 4.79 Å². The van der Waals surface area contributed by atoms with Crippen LogP contribution < -0.4 is 14.9 Å². The number of sulfonamides is 1. The molecule has 3 rings (SSSR count). The van der Waals surface area contributed by atoms with E-state index in [1.54, 1.807) is 30.4 Å². The summed E-state index contributed by atoms with van der Waals surface area (Å²) in [5, 5.41) is 3.77. The molecule has 0 aliphatic carbocycles. The number of ether oxygens (including phenoxy) is 1. The molecule has 0 saturated heterocycles. The maximum Gasteiger partial charge on any atom is 0.265 e. The van der Waals surface area contributed by atoms with Crippen LogP contribution in [0, 0.1) is 0 Å². The van der Waals surface area contributed by atoms with Crippen molar-refractivity contribution in [3.8, 4) is 0 Å². The highest BCUT2D eigenvalue weighted by atomic mass is 32.2. The van der Waals surface area contributed by atoms with Crippen molar-refractivity contribution in [2.45, 2.75) is 31.7 Å². The van der Waals surface area contributed by atoms with E-state index in [1.807, 2.05) is 6.07 Å². The van der Waals surface area contributed by atoms with Gasteiger partial charge < -0.3 is 15.0 Å². The molecule has 0 spiro atoms. The Balaban J connectivity index is 1.68. The second-order valence-corrected chi connectivity index (χ2v) is 10.7. The van der Waals surface area contributed by atoms with E-state index < -0.39 is 10.0 Å². The van der Waals surface area contributed by atoms with Crippen molar-refractivity contribution in [3.05, 3.63) is 35.2 Å². The summed E-state index contributed by atoms with van der Waals surface area (Å²) in [4.78, 5) is 21.0. The predicted molar refractivity (Wildman–Crippen MR) is 127 cm³/mol. The largest absolute Gasteiger partial charge is 0.383 e. The normalized spacial score (nSPS) is 12.8. The van der Waals surface area contributed by atoms with Gasteiger partial charge >= 0.3 is 0 Å². The molecule has 3 aromatic rings. The van der Waals surface area contributed by atoms with Gasteiger partial charge in [0.2, 0.25) is 10.0 Å². The van der Waals surface area contributed by atoms with Gasteiger partial charge in [0.25, 0.3) is 5.91 Å². The molecule has 1 atom stereocenters. The average molecular weight is 483 g/mol. The number of hydrogen-bond donors (Lipinski definition) is 2. The summed E-state index contributed by atoms with van der Waals surface area (Å²) in [6.45, 7) is 7.95. The number of thiazole rings is 1. The Kier molecular flexibility index (Phi) is 7.65. The Bertz CT molecular complexity index is 1100. The van der Waals surface area contributed by atoms with Gasteiger partial charge in [-0.2, -0.15) is 0 Å². The quantitative estimate of drug-likeness (QED) is 0.456. The van der Waals surface area contributed by atoms with Crippen LogP contribution in [0.15, 0.2) is 35.2 Å². The van der Waals surface area contributed by atoms with E-state index >= 15 is 0 Å². The van der Waals surface area contributed by atoms with Crippen LogP contribution in [0.3, 0.4) is 0 Å². The molecule has 2 N–H and O–H groups in total. The number of nitrogens with one attached hydrogen (secondary N) is 2. The highest BCUT2D eigenvalue weighted by Gasteiger charge is 2.19. The second kappa shape index (κ2) is 10.0. The molecule has 0 saturated carbocycles. The van der Waals surface area contributed by atoms with E-state index in [0.29, 0.717) is 10.6 Å². The van der Waals surface area contributed by atoms with Crippen LogP contribution in [0.25, 0.3) is 9.53 Å². The van der Waals surface area contributed by atoms with Crippen molar-refractivity contribution in [3.63, 3.8) is 0 Å². The third-order valence-electron chi connectivity index (χ3n) is 4.53. The van der Waals surface area contributed by atoms with Crippen molar-refractivity contribution in [2.75, 3.05) is 37.0 Å². The molecule has 2 heterocycles. The number of aromatic nitrogens is 1. The summed E-state index contributed by atoms with van der Waals surface area (Å²) in [5.74, 6) is -0.248. The van der Waals surface area contributed by atoms with Crippen molar-refractivity contribution >= 4 is 59.0 Å². The first kappa shape index (κ1) is 23.6. The SMILES string of the molecule is CCN(CC)c1nc2sc(C(=O)Nc3ccc(S(=O)(=O)NC(C)COC)cc3)cc2s1. The third-order valence-corrected chi connectivity index (χ3v) is 8.36. The van der Waals surface area contributed by atoms with Gasteiger partial charge in [0.05, 0.1) is 21.1 Å². The van der Waals surface area contributed by atoms with E-state index in [-0.39, 0.29) is 23.5 Å². The van der Waals surface area contributed by atoms with Crippen molar-refractivity contribution in [1.29, 1.82) is 0 Å². The summed E-state index contributed by atoms with van der Waals surface area (Å²) in [7, 11) is -2.14. The van der Waals surface area contributed by atoms with Crippen molar-refractivity contribution in [1.82, 2.24) is 9.71 Å². The number of methoxy groups -OCH3 is 1. The van der Waals surface area contributed by atoms with Crippen LogP contribution in [-0.4, -0.2) is 52.2 Å².